The number of hydrogen-bond donors (Lipinski definition) is 3. The molecule has 1 heterocycles. The third kappa shape index (κ3) is 3.68. The van der Waals surface area contributed by atoms with Gasteiger partial charge in [-0.2, -0.15) is 0 Å². The van der Waals surface area contributed by atoms with Gasteiger partial charge in [0.1, 0.15) is 5.82 Å². The molecular formula is C14H20FN3O2. The summed E-state index contributed by atoms with van der Waals surface area (Å²) in [7, 11) is 0. The number of nitrogens with two attached hydrogens (primary N) is 1. The largest absolute Gasteiger partial charge is 0.397 e. The Labute approximate surface area is 117 Å². The van der Waals surface area contributed by atoms with Gasteiger partial charge in [0.2, 0.25) is 5.91 Å². The summed E-state index contributed by atoms with van der Waals surface area (Å²) in [5.74, 6) is -0.588. The number of nitrogen functional groups attached to an aromatic ring is 1. The van der Waals surface area contributed by atoms with Gasteiger partial charge in [-0.1, -0.05) is 0 Å². The fraction of sp³-hybridized carbons (Fsp3) is 0.500. The Kier molecular flexibility index (Phi) is 4.92. The van der Waals surface area contributed by atoms with Crippen LogP contribution in [-0.2, 0) is 4.79 Å². The number of carbonyl (C=O) groups excluding carboxylic acids is 1. The fourth-order valence-electron chi connectivity index (χ4n) is 2.50. The first kappa shape index (κ1) is 14.7. The van der Waals surface area contributed by atoms with Crippen molar-refractivity contribution in [2.75, 3.05) is 30.7 Å². The highest BCUT2D eigenvalue weighted by Crippen LogP contribution is 2.20. The molecule has 1 amide bonds. The number of carbonyl (C=O) groups is 1. The summed E-state index contributed by atoms with van der Waals surface area (Å²) in [6, 6.07) is 4.06. The second kappa shape index (κ2) is 6.67. The Hall–Kier alpha value is -1.66. The van der Waals surface area contributed by atoms with Crippen molar-refractivity contribution in [1.82, 2.24) is 4.90 Å². The van der Waals surface area contributed by atoms with Crippen LogP contribution in [0.25, 0.3) is 0 Å². The molecule has 1 atom stereocenters. The van der Waals surface area contributed by atoms with Gasteiger partial charge in [-0.05, 0) is 37.6 Å². The summed E-state index contributed by atoms with van der Waals surface area (Å²) >= 11 is 0. The van der Waals surface area contributed by atoms with Gasteiger partial charge < -0.3 is 16.2 Å². The molecule has 2 rings (SSSR count). The van der Waals surface area contributed by atoms with Crippen molar-refractivity contribution >= 4 is 17.3 Å². The van der Waals surface area contributed by atoms with E-state index in [2.05, 4.69) is 10.2 Å². The van der Waals surface area contributed by atoms with E-state index in [1.807, 2.05) is 0 Å². The van der Waals surface area contributed by atoms with Crippen molar-refractivity contribution in [1.29, 1.82) is 0 Å². The van der Waals surface area contributed by atoms with Crippen molar-refractivity contribution in [2.24, 2.45) is 0 Å². The summed E-state index contributed by atoms with van der Waals surface area (Å²) in [5, 5.41) is 11.9. The molecule has 0 bridgehead atoms. The van der Waals surface area contributed by atoms with Gasteiger partial charge >= 0.3 is 0 Å². The highest BCUT2D eigenvalue weighted by atomic mass is 19.1. The number of anilines is 2. The minimum absolute atomic E-state index is 0.131. The van der Waals surface area contributed by atoms with Crippen LogP contribution in [0.5, 0.6) is 0 Å². The molecule has 110 valence electrons. The van der Waals surface area contributed by atoms with E-state index in [1.54, 1.807) is 0 Å². The van der Waals surface area contributed by atoms with E-state index in [9.17, 15) is 14.3 Å². The van der Waals surface area contributed by atoms with E-state index in [1.165, 1.54) is 18.2 Å². The van der Waals surface area contributed by atoms with E-state index >= 15 is 0 Å². The Balaban J connectivity index is 1.83. The summed E-state index contributed by atoms with van der Waals surface area (Å²) in [6.07, 6.45) is 2.36. The zero-order valence-corrected chi connectivity index (χ0v) is 11.3. The first-order valence-corrected chi connectivity index (χ1v) is 6.80. The van der Waals surface area contributed by atoms with Crippen LogP contribution in [0.2, 0.25) is 0 Å². The lowest BCUT2D eigenvalue weighted by Gasteiger charge is -2.22. The number of rotatable bonds is 5. The van der Waals surface area contributed by atoms with Crippen molar-refractivity contribution in [3.8, 4) is 0 Å². The molecule has 0 radical (unpaired) electrons. The van der Waals surface area contributed by atoms with Crippen LogP contribution in [0.15, 0.2) is 18.2 Å². The number of amides is 1. The molecule has 1 saturated heterocycles. The summed E-state index contributed by atoms with van der Waals surface area (Å²) in [4.78, 5) is 14.0. The second-order valence-corrected chi connectivity index (χ2v) is 5.04. The van der Waals surface area contributed by atoms with Crippen LogP contribution in [0.4, 0.5) is 15.8 Å². The average molecular weight is 281 g/mol. The molecular weight excluding hydrogens is 261 g/mol. The predicted molar refractivity (Wildman–Crippen MR) is 75.7 cm³/mol. The number of hydrogen-bond acceptors (Lipinski definition) is 4. The summed E-state index contributed by atoms with van der Waals surface area (Å²) in [6.45, 7) is 1.65. The lowest BCUT2D eigenvalue weighted by atomic mass is 10.2. The molecule has 0 aliphatic carbocycles. The predicted octanol–water partition coefficient (Wildman–Crippen LogP) is 1.19. The maximum absolute atomic E-state index is 12.9. The molecule has 0 aromatic heterocycles. The van der Waals surface area contributed by atoms with Gasteiger partial charge in [-0.3, -0.25) is 9.69 Å². The zero-order chi connectivity index (χ0) is 14.5. The maximum atomic E-state index is 12.9. The summed E-state index contributed by atoms with van der Waals surface area (Å²) in [5.41, 5.74) is 6.28. The fourth-order valence-corrected chi connectivity index (χ4v) is 2.50. The van der Waals surface area contributed by atoms with Gasteiger partial charge in [-0.25, -0.2) is 4.39 Å². The van der Waals surface area contributed by atoms with Crippen molar-refractivity contribution in [3.63, 3.8) is 0 Å². The number of likely N-dealkylation sites (tertiary alicyclic amines) is 1. The molecule has 0 saturated carbocycles. The lowest BCUT2D eigenvalue weighted by molar-refractivity contribution is -0.116. The van der Waals surface area contributed by atoms with E-state index < -0.39 is 5.82 Å². The summed E-state index contributed by atoms with van der Waals surface area (Å²) < 4.78 is 12.9. The van der Waals surface area contributed by atoms with Gasteiger partial charge in [0.05, 0.1) is 18.0 Å². The number of nitrogens with one attached hydrogen (secondary N) is 1. The molecule has 1 aromatic rings. The monoisotopic (exact) mass is 281 g/mol. The van der Waals surface area contributed by atoms with E-state index in [-0.39, 0.29) is 24.2 Å². The quantitative estimate of drug-likeness (QED) is 0.708. The number of aliphatic hydroxyl groups excluding tert-OH is 1. The molecule has 1 aliphatic heterocycles. The third-order valence-electron chi connectivity index (χ3n) is 3.62. The molecule has 0 spiro atoms. The molecule has 6 heteroatoms. The van der Waals surface area contributed by atoms with Gasteiger partial charge in [0.25, 0.3) is 0 Å². The van der Waals surface area contributed by atoms with E-state index in [0.717, 1.165) is 19.4 Å². The molecule has 5 nitrogen and oxygen atoms in total. The molecule has 1 fully saturated rings. The van der Waals surface area contributed by atoms with Crippen LogP contribution in [0.1, 0.15) is 19.3 Å². The third-order valence-corrected chi connectivity index (χ3v) is 3.62. The van der Waals surface area contributed by atoms with Crippen LogP contribution in [-0.4, -0.2) is 41.7 Å². The van der Waals surface area contributed by atoms with E-state index in [0.29, 0.717) is 18.7 Å². The molecule has 1 aliphatic rings. The number of halogens is 1. The Morgan fingerprint density at radius 3 is 3.05 bits per heavy atom. The van der Waals surface area contributed by atoms with Crippen molar-refractivity contribution in [2.45, 2.75) is 25.3 Å². The molecule has 1 unspecified atom stereocenters. The second-order valence-electron chi connectivity index (χ2n) is 5.04. The molecule has 1 aromatic carbocycles. The zero-order valence-electron chi connectivity index (χ0n) is 11.3. The number of aliphatic hydroxyl groups is 1. The Morgan fingerprint density at radius 1 is 1.55 bits per heavy atom. The van der Waals surface area contributed by atoms with Crippen LogP contribution in [0.3, 0.4) is 0 Å². The first-order valence-electron chi connectivity index (χ1n) is 6.80. The average Bonchev–Trinajstić information content (AvgIpc) is 2.87. The standard InChI is InChI=1S/C14H20FN3O2/c15-10-3-4-13(12(16)8-10)17-14(20)5-7-18-6-1-2-11(18)9-19/h3-4,8,11,19H,1-2,5-7,9,16H2,(H,17,20). The minimum Gasteiger partial charge on any atom is -0.397 e. The van der Waals surface area contributed by atoms with Crippen LogP contribution >= 0.6 is 0 Å². The topological polar surface area (TPSA) is 78.6 Å². The highest BCUT2D eigenvalue weighted by Gasteiger charge is 2.23. The molecule has 4 N–H and O–H groups in total. The Bertz CT molecular complexity index is 481. The van der Waals surface area contributed by atoms with Gasteiger partial charge in [0, 0.05) is 19.0 Å². The number of benzene rings is 1. The van der Waals surface area contributed by atoms with Gasteiger partial charge in [0.15, 0.2) is 0 Å². The smallest absolute Gasteiger partial charge is 0.225 e. The normalized spacial score (nSPS) is 19.2. The highest BCUT2D eigenvalue weighted by molar-refractivity contribution is 5.93. The minimum atomic E-state index is -0.427. The van der Waals surface area contributed by atoms with Crippen LogP contribution in [0, 0.1) is 5.82 Å². The number of nitrogens with zero attached hydrogens (tertiary/aromatic N) is 1. The molecule has 20 heavy (non-hydrogen) atoms. The van der Waals surface area contributed by atoms with Crippen LogP contribution < -0.4 is 11.1 Å². The van der Waals surface area contributed by atoms with Crippen molar-refractivity contribution in [3.05, 3.63) is 24.0 Å². The lowest BCUT2D eigenvalue weighted by Crippen LogP contribution is -2.34. The maximum Gasteiger partial charge on any atom is 0.225 e. The van der Waals surface area contributed by atoms with Gasteiger partial charge in [-0.15, -0.1) is 0 Å². The van der Waals surface area contributed by atoms with E-state index in [4.69, 9.17) is 5.73 Å². The Morgan fingerprint density at radius 2 is 2.35 bits per heavy atom. The van der Waals surface area contributed by atoms with Crippen molar-refractivity contribution < 1.29 is 14.3 Å². The first-order chi connectivity index (χ1) is 9.60. The SMILES string of the molecule is Nc1cc(F)ccc1NC(=O)CCN1CCCC1CO.